The molecule has 0 saturated carbocycles. The lowest BCUT2D eigenvalue weighted by Crippen LogP contribution is -2.08. The van der Waals surface area contributed by atoms with E-state index in [2.05, 4.69) is 4.98 Å². The highest BCUT2D eigenvalue weighted by Crippen LogP contribution is 2.38. The van der Waals surface area contributed by atoms with Crippen LogP contribution in [0.3, 0.4) is 0 Å². The average Bonchev–Trinajstić information content (AvgIpc) is 2.44. The van der Waals surface area contributed by atoms with Crippen LogP contribution in [-0.4, -0.2) is 4.98 Å². The molecule has 2 aromatic rings. The minimum Gasteiger partial charge on any atom is -0.203 e. The zero-order chi connectivity index (χ0) is 16.1. The number of rotatable bonds is 1. The lowest BCUT2D eigenvalue weighted by Gasteiger charge is -2.11. The molecular weight excluding hydrogens is 334 g/mol. The molecule has 0 radical (unpaired) electrons. The molecule has 1 aromatic heterocycles. The Morgan fingerprint density at radius 2 is 0.952 bits per heavy atom. The van der Waals surface area contributed by atoms with Crippen LogP contribution in [0.4, 0.5) is 35.1 Å². The molecule has 1 aromatic carbocycles. The summed E-state index contributed by atoms with van der Waals surface area (Å²) in [5.74, 6) is -18.5. The Hall–Kier alpha value is -1.90. The minimum absolute atomic E-state index is 1.43. The smallest absolute Gasteiger partial charge is 0.203 e. The second-order valence-electron chi connectivity index (χ2n) is 3.64. The summed E-state index contributed by atoms with van der Waals surface area (Å²) in [6.45, 7) is 0. The Labute approximate surface area is 115 Å². The molecule has 1 nitrogen and oxygen atoms in total. The van der Waals surface area contributed by atoms with Crippen LogP contribution in [0.5, 0.6) is 0 Å². The maximum absolute atomic E-state index is 13.5. The van der Waals surface area contributed by atoms with Crippen molar-refractivity contribution in [2.75, 3.05) is 0 Å². The summed E-state index contributed by atoms with van der Waals surface area (Å²) in [5, 5.41) is -1.43. The third-order valence-corrected chi connectivity index (χ3v) is 2.80. The Bertz CT molecular complexity index is 706. The highest BCUT2D eigenvalue weighted by Gasteiger charge is 2.32. The molecule has 0 aliphatic heterocycles. The van der Waals surface area contributed by atoms with E-state index in [9.17, 15) is 35.1 Å². The fourth-order valence-electron chi connectivity index (χ4n) is 1.53. The van der Waals surface area contributed by atoms with Gasteiger partial charge in [-0.3, -0.25) is 0 Å². The minimum atomic E-state index is -2.51. The summed E-state index contributed by atoms with van der Waals surface area (Å²) in [6, 6.07) is 0. The van der Waals surface area contributed by atoms with Crippen LogP contribution < -0.4 is 0 Å². The van der Waals surface area contributed by atoms with Crippen molar-refractivity contribution < 1.29 is 35.1 Å². The van der Waals surface area contributed by atoms with Crippen LogP contribution in [0.15, 0.2) is 0 Å². The third-order valence-electron chi connectivity index (χ3n) is 2.46. The highest BCUT2D eigenvalue weighted by molar-refractivity contribution is 6.33. The van der Waals surface area contributed by atoms with E-state index in [-0.39, 0.29) is 0 Å². The van der Waals surface area contributed by atoms with Gasteiger partial charge in [0.05, 0.1) is 11.1 Å². The maximum Gasteiger partial charge on any atom is 0.252 e. The van der Waals surface area contributed by atoms with Gasteiger partial charge in [0.1, 0.15) is 5.02 Å². The number of hydrogen-bond donors (Lipinski definition) is 0. The van der Waals surface area contributed by atoms with Crippen molar-refractivity contribution >= 4 is 11.6 Å². The molecule has 0 aliphatic rings. The Morgan fingerprint density at radius 1 is 0.524 bits per heavy atom. The first-order chi connectivity index (χ1) is 9.68. The van der Waals surface area contributed by atoms with Gasteiger partial charge in [-0.2, -0.15) is 13.8 Å². The quantitative estimate of drug-likeness (QED) is 0.324. The molecule has 1 heterocycles. The summed E-state index contributed by atoms with van der Waals surface area (Å²) in [6.07, 6.45) is 0. The summed E-state index contributed by atoms with van der Waals surface area (Å²) < 4.78 is 105. The van der Waals surface area contributed by atoms with Crippen molar-refractivity contribution in [1.29, 1.82) is 0 Å². The van der Waals surface area contributed by atoms with Gasteiger partial charge in [-0.25, -0.2) is 26.3 Å². The Balaban J connectivity index is 3.00. The molecule has 0 amide bonds. The summed E-state index contributed by atoms with van der Waals surface area (Å²) in [4.78, 5) is 2.33. The van der Waals surface area contributed by atoms with Crippen LogP contribution in [0.1, 0.15) is 0 Å². The normalized spacial score (nSPS) is 11.1. The SMILES string of the molecule is Fc1nc(F)c(Cl)c(-c2c(F)c(F)c(F)c(F)c2F)c1F. The molecule has 0 fully saturated rings. The standard InChI is InChI=1S/C11ClF8N/c12-3-1(6(15)11(20)21-10(3)19)2-4(13)7(16)9(18)8(17)5(2)14. The third kappa shape index (κ3) is 2.21. The molecule has 0 aliphatic carbocycles. The fourth-order valence-corrected chi connectivity index (χ4v) is 1.75. The second-order valence-corrected chi connectivity index (χ2v) is 4.02. The molecule has 0 spiro atoms. The topological polar surface area (TPSA) is 12.9 Å². The number of aromatic nitrogens is 1. The number of hydrogen-bond acceptors (Lipinski definition) is 1. The molecule has 112 valence electrons. The first-order valence-corrected chi connectivity index (χ1v) is 5.28. The molecule has 0 bridgehead atoms. The van der Waals surface area contributed by atoms with Gasteiger partial charge in [0.15, 0.2) is 29.1 Å². The Morgan fingerprint density at radius 3 is 1.43 bits per heavy atom. The molecule has 0 saturated heterocycles. The van der Waals surface area contributed by atoms with E-state index in [1.807, 2.05) is 0 Å². The predicted molar refractivity (Wildman–Crippen MR) is 54.3 cm³/mol. The van der Waals surface area contributed by atoms with E-state index < -0.39 is 62.9 Å². The zero-order valence-electron chi connectivity index (χ0n) is 9.35. The van der Waals surface area contributed by atoms with E-state index in [1.165, 1.54) is 0 Å². The van der Waals surface area contributed by atoms with E-state index in [1.54, 1.807) is 0 Å². The maximum atomic E-state index is 13.5. The zero-order valence-corrected chi connectivity index (χ0v) is 10.1. The van der Waals surface area contributed by atoms with Gasteiger partial charge in [0, 0.05) is 0 Å². The van der Waals surface area contributed by atoms with Crippen molar-refractivity contribution in [1.82, 2.24) is 4.98 Å². The molecule has 0 unspecified atom stereocenters. The average molecular weight is 334 g/mol. The van der Waals surface area contributed by atoms with Gasteiger partial charge in [-0.05, 0) is 0 Å². The highest BCUT2D eigenvalue weighted by atomic mass is 35.5. The molecule has 10 heteroatoms. The van der Waals surface area contributed by atoms with Crippen molar-refractivity contribution in [2.24, 2.45) is 0 Å². The summed E-state index contributed by atoms with van der Waals surface area (Å²) in [5.41, 5.74) is -3.55. The summed E-state index contributed by atoms with van der Waals surface area (Å²) >= 11 is 5.18. The van der Waals surface area contributed by atoms with Gasteiger partial charge in [0.2, 0.25) is 11.8 Å². The number of halogens is 9. The van der Waals surface area contributed by atoms with E-state index in [4.69, 9.17) is 11.6 Å². The first-order valence-electron chi connectivity index (χ1n) is 4.90. The number of benzene rings is 1. The van der Waals surface area contributed by atoms with Gasteiger partial charge in [-0.15, -0.1) is 0 Å². The number of nitrogens with zero attached hydrogens (tertiary/aromatic N) is 1. The van der Waals surface area contributed by atoms with Crippen LogP contribution in [0.2, 0.25) is 5.02 Å². The van der Waals surface area contributed by atoms with Crippen molar-refractivity contribution in [3.05, 3.63) is 51.8 Å². The number of pyridine rings is 1. The molecule has 21 heavy (non-hydrogen) atoms. The second kappa shape index (κ2) is 5.14. The van der Waals surface area contributed by atoms with Crippen LogP contribution in [0.25, 0.3) is 11.1 Å². The fraction of sp³-hybridized carbons (Fsp3) is 0. The lowest BCUT2D eigenvalue weighted by molar-refractivity contribution is 0.380. The molecule has 0 atom stereocenters. The van der Waals surface area contributed by atoms with Gasteiger partial charge >= 0.3 is 0 Å². The van der Waals surface area contributed by atoms with Crippen LogP contribution in [-0.2, 0) is 0 Å². The monoisotopic (exact) mass is 333 g/mol. The van der Waals surface area contributed by atoms with E-state index in [0.29, 0.717) is 0 Å². The van der Waals surface area contributed by atoms with Crippen molar-refractivity contribution in [2.45, 2.75) is 0 Å². The van der Waals surface area contributed by atoms with Crippen LogP contribution in [0, 0.1) is 46.8 Å². The van der Waals surface area contributed by atoms with E-state index >= 15 is 0 Å². The van der Waals surface area contributed by atoms with Gasteiger partial charge in [-0.1, -0.05) is 11.6 Å². The molecule has 0 N–H and O–H groups in total. The molecule has 2 rings (SSSR count). The van der Waals surface area contributed by atoms with Crippen molar-refractivity contribution in [3.8, 4) is 11.1 Å². The lowest BCUT2D eigenvalue weighted by atomic mass is 10.0. The predicted octanol–water partition coefficient (Wildman–Crippen LogP) is 4.51. The van der Waals surface area contributed by atoms with Crippen molar-refractivity contribution in [3.63, 3.8) is 0 Å². The summed E-state index contributed by atoms with van der Waals surface area (Å²) in [7, 11) is 0. The van der Waals surface area contributed by atoms with Gasteiger partial charge < -0.3 is 0 Å². The van der Waals surface area contributed by atoms with E-state index in [0.717, 1.165) is 0 Å². The molecular formula is C11ClF8N. The van der Waals surface area contributed by atoms with Crippen LogP contribution >= 0.6 is 11.6 Å². The largest absolute Gasteiger partial charge is 0.252 e. The van der Waals surface area contributed by atoms with Gasteiger partial charge in [0.25, 0.3) is 5.95 Å². The first kappa shape index (κ1) is 15.5. The Kier molecular flexibility index (Phi) is 3.79.